The Labute approximate surface area is 156 Å². The van der Waals surface area contributed by atoms with Crippen LogP contribution in [-0.2, 0) is 25.3 Å². The largest absolute Gasteiger partial charge is 0.384 e. The second kappa shape index (κ2) is 7.29. The maximum Gasteiger partial charge on any atom is 0.219 e. The Balaban J connectivity index is 1.75. The number of hydrogen-bond acceptors (Lipinski definition) is 4. The molecule has 2 atom stereocenters. The molecule has 2 fully saturated rings. The molecule has 0 spiro atoms. The highest BCUT2D eigenvalue weighted by Crippen LogP contribution is 2.43. The molecule has 2 aliphatic rings. The van der Waals surface area contributed by atoms with Gasteiger partial charge in [-0.15, -0.1) is 0 Å². The van der Waals surface area contributed by atoms with E-state index in [4.69, 9.17) is 4.74 Å². The molecule has 0 bridgehead atoms. The summed E-state index contributed by atoms with van der Waals surface area (Å²) in [6.07, 6.45) is 0.725. The van der Waals surface area contributed by atoms with Crippen molar-refractivity contribution in [3.8, 4) is 0 Å². The zero-order valence-electron chi connectivity index (χ0n) is 15.8. The number of piperidine rings is 1. The van der Waals surface area contributed by atoms with E-state index >= 15 is 0 Å². The molecule has 0 aliphatic carbocycles. The smallest absolute Gasteiger partial charge is 0.219 e. The van der Waals surface area contributed by atoms with Gasteiger partial charge in [0.15, 0.2) is 0 Å². The number of ether oxygens (including phenoxy) is 1. The van der Waals surface area contributed by atoms with Crippen LogP contribution in [0.5, 0.6) is 0 Å². The minimum atomic E-state index is -3.38. The number of aryl methyl sites for hydroxylation is 1. The minimum Gasteiger partial charge on any atom is -0.384 e. The van der Waals surface area contributed by atoms with Crippen molar-refractivity contribution in [2.75, 3.05) is 39.9 Å². The van der Waals surface area contributed by atoms with Gasteiger partial charge in [0, 0.05) is 45.6 Å². The van der Waals surface area contributed by atoms with Crippen LogP contribution in [0.1, 0.15) is 24.5 Å². The fraction of sp³-hybridized carbons (Fsp3) is 0.632. The molecule has 1 amide bonds. The summed E-state index contributed by atoms with van der Waals surface area (Å²) in [5.74, 6) is 0.185. The third-order valence-electron chi connectivity index (χ3n) is 5.84. The summed E-state index contributed by atoms with van der Waals surface area (Å²) in [6, 6.07) is 7.62. The first-order valence-corrected chi connectivity index (χ1v) is 10.6. The molecule has 2 aliphatic heterocycles. The predicted molar refractivity (Wildman–Crippen MR) is 100 cm³/mol. The van der Waals surface area contributed by atoms with Crippen LogP contribution in [0.15, 0.2) is 24.3 Å². The van der Waals surface area contributed by atoms with Gasteiger partial charge in [-0.3, -0.25) is 4.79 Å². The van der Waals surface area contributed by atoms with E-state index in [9.17, 15) is 13.2 Å². The van der Waals surface area contributed by atoms with Gasteiger partial charge in [-0.25, -0.2) is 12.7 Å². The summed E-state index contributed by atoms with van der Waals surface area (Å²) in [5.41, 5.74) is 1.79. The monoisotopic (exact) mass is 380 g/mol. The Bertz CT molecular complexity index is 762. The Hall–Kier alpha value is -1.44. The van der Waals surface area contributed by atoms with Gasteiger partial charge in [0.1, 0.15) is 0 Å². The van der Waals surface area contributed by atoms with Gasteiger partial charge in [0.2, 0.25) is 15.9 Å². The number of carbonyl (C=O) groups is 1. The molecular formula is C19H28N2O4S. The molecule has 0 N–H and O–H groups in total. The number of benzene rings is 1. The van der Waals surface area contributed by atoms with E-state index in [-0.39, 0.29) is 23.0 Å². The summed E-state index contributed by atoms with van der Waals surface area (Å²) in [5, 5.41) is 0. The van der Waals surface area contributed by atoms with Crippen LogP contribution in [0.3, 0.4) is 0 Å². The van der Waals surface area contributed by atoms with Crippen molar-refractivity contribution in [2.24, 2.45) is 11.3 Å². The van der Waals surface area contributed by atoms with Crippen molar-refractivity contribution in [3.05, 3.63) is 35.4 Å². The third kappa shape index (κ3) is 3.80. The lowest BCUT2D eigenvalue weighted by Gasteiger charge is -2.42. The van der Waals surface area contributed by atoms with Crippen LogP contribution < -0.4 is 0 Å². The number of nitrogens with zero attached hydrogens (tertiary/aromatic N) is 2. The molecule has 1 aromatic rings. The minimum absolute atomic E-state index is 0.0215. The van der Waals surface area contributed by atoms with E-state index in [2.05, 4.69) is 0 Å². The van der Waals surface area contributed by atoms with E-state index < -0.39 is 10.0 Å². The Kier molecular flexibility index (Phi) is 5.42. The number of amides is 1. The highest BCUT2D eigenvalue weighted by atomic mass is 32.2. The number of sulfonamides is 1. The van der Waals surface area contributed by atoms with Crippen molar-refractivity contribution in [3.63, 3.8) is 0 Å². The SMILES string of the molecule is COCC12CCN(S(=O)(=O)Cc3ccc(C)cc3)CC1CN(C(C)=O)C2. The Morgan fingerprint density at radius 3 is 2.58 bits per heavy atom. The second-order valence-electron chi connectivity index (χ2n) is 7.74. The summed E-state index contributed by atoms with van der Waals surface area (Å²) >= 11 is 0. The number of hydrogen-bond donors (Lipinski definition) is 0. The van der Waals surface area contributed by atoms with Crippen LogP contribution in [0.25, 0.3) is 0 Å². The Morgan fingerprint density at radius 2 is 1.96 bits per heavy atom. The van der Waals surface area contributed by atoms with E-state index in [1.165, 1.54) is 0 Å². The van der Waals surface area contributed by atoms with E-state index in [1.807, 2.05) is 36.1 Å². The lowest BCUT2D eigenvalue weighted by Crippen LogP contribution is -2.51. The first-order valence-electron chi connectivity index (χ1n) is 9.03. The van der Waals surface area contributed by atoms with Gasteiger partial charge in [-0.1, -0.05) is 29.8 Å². The fourth-order valence-corrected chi connectivity index (χ4v) is 5.83. The topological polar surface area (TPSA) is 66.9 Å². The van der Waals surface area contributed by atoms with E-state index in [0.29, 0.717) is 32.8 Å². The van der Waals surface area contributed by atoms with E-state index in [1.54, 1.807) is 18.3 Å². The summed E-state index contributed by atoms with van der Waals surface area (Å²) in [4.78, 5) is 13.7. The van der Waals surface area contributed by atoms with Gasteiger partial charge in [-0.05, 0) is 24.8 Å². The normalized spacial score (nSPS) is 26.7. The van der Waals surface area contributed by atoms with Crippen molar-refractivity contribution in [1.82, 2.24) is 9.21 Å². The highest BCUT2D eigenvalue weighted by Gasteiger charge is 2.51. The second-order valence-corrected chi connectivity index (χ2v) is 9.71. The van der Waals surface area contributed by atoms with Gasteiger partial charge in [0.25, 0.3) is 0 Å². The number of carbonyl (C=O) groups excluding carboxylic acids is 1. The van der Waals surface area contributed by atoms with Crippen LogP contribution in [0.4, 0.5) is 0 Å². The van der Waals surface area contributed by atoms with Crippen molar-refractivity contribution < 1.29 is 17.9 Å². The van der Waals surface area contributed by atoms with Gasteiger partial charge < -0.3 is 9.64 Å². The van der Waals surface area contributed by atoms with Crippen LogP contribution in [0.2, 0.25) is 0 Å². The van der Waals surface area contributed by atoms with Gasteiger partial charge in [-0.2, -0.15) is 0 Å². The maximum atomic E-state index is 12.9. The standard InChI is InChI=1S/C19H28N2O4S/c1-15-4-6-17(7-5-15)12-26(23,24)21-9-8-19(14-25-3)13-20(16(2)22)10-18(19)11-21/h4-7,18H,8-14H2,1-3H3. The lowest BCUT2D eigenvalue weighted by molar-refractivity contribution is -0.128. The summed E-state index contributed by atoms with van der Waals surface area (Å²) < 4.78 is 32.9. The fourth-order valence-electron chi connectivity index (χ4n) is 4.25. The molecule has 2 saturated heterocycles. The highest BCUT2D eigenvalue weighted by molar-refractivity contribution is 7.88. The average Bonchev–Trinajstić information content (AvgIpc) is 2.96. The van der Waals surface area contributed by atoms with E-state index in [0.717, 1.165) is 17.5 Å². The first-order chi connectivity index (χ1) is 12.3. The van der Waals surface area contributed by atoms with Crippen LogP contribution in [0, 0.1) is 18.3 Å². The molecule has 6 nitrogen and oxygen atoms in total. The first kappa shape index (κ1) is 19.3. The number of rotatable bonds is 5. The molecule has 7 heteroatoms. The predicted octanol–water partition coefficient (Wildman–Crippen LogP) is 1.64. The Morgan fingerprint density at radius 1 is 1.27 bits per heavy atom. The molecule has 0 aromatic heterocycles. The number of likely N-dealkylation sites (tertiary alicyclic amines) is 1. The number of fused-ring (bicyclic) bond motifs is 1. The molecule has 144 valence electrons. The number of methoxy groups -OCH3 is 1. The van der Waals surface area contributed by atoms with Crippen molar-refractivity contribution >= 4 is 15.9 Å². The maximum absolute atomic E-state index is 12.9. The van der Waals surface area contributed by atoms with Crippen molar-refractivity contribution in [1.29, 1.82) is 0 Å². The van der Waals surface area contributed by atoms with Crippen molar-refractivity contribution in [2.45, 2.75) is 26.0 Å². The quantitative estimate of drug-likeness (QED) is 0.779. The zero-order chi connectivity index (χ0) is 18.9. The molecular weight excluding hydrogens is 352 g/mol. The van der Waals surface area contributed by atoms with Gasteiger partial charge >= 0.3 is 0 Å². The molecule has 2 unspecified atom stereocenters. The lowest BCUT2D eigenvalue weighted by atomic mass is 9.74. The molecule has 3 rings (SSSR count). The summed E-state index contributed by atoms with van der Waals surface area (Å²) in [6.45, 7) is 6.33. The van der Waals surface area contributed by atoms with Crippen LogP contribution in [-0.4, -0.2) is 63.4 Å². The van der Waals surface area contributed by atoms with Crippen LogP contribution >= 0.6 is 0 Å². The molecule has 26 heavy (non-hydrogen) atoms. The molecule has 0 radical (unpaired) electrons. The summed E-state index contributed by atoms with van der Waals surface area (Å²) in [7, 11) is -1.71. The zero-order valence-corrected chi connectivity index (χ0v) is 16.6. The molecule has 1 aromatic carbocycles. The molecule has 0 saturated carbocycles. The third-order valence-corrected chi connectivity index (χ3v) is 7.65. The molecule has 2 heterocycles. The van der Waals surface area contributed by atoms with Gasteiger partial charge in [0.05, 0.1) is 12.4 Å². The average molecular weight is 381 g/mol.